The molecule has 0 aliphatic carbocycles. The molecule has 0 atom stereocenters. The zero-order valence-corrected chi connectivity index (χ0v) is 24.0. The average molecular weight is 603 g/mol. The van der Waals surface area contributed by atoms with Crippen molar-refractivity contribution in [2.24, 2.45) is 0 Å². The van der Waals surface area contributed by atoms with Crippen molar-refractivity contribution in [2.45, 2.75) is 6.61 Å². The molecule has 9 heteroatoms. The van der Waals surface area contributed by atoms with Gasteiger partial charge in [-0.2, -0.15) is 0 Å². The SMILES string of the molecule is COc1ccccc1COC(=O)c1cc(OC(=O)c2ccccc2)c(OC(=O)c2ccccc2)c(OC(=O)c2ccccc2)c1. The number of carbonyl (C=O) groups excluding carboxylic acids is 4. The van der Waals surface area contributed by atoms with Gasteiger partial charge in [0.2, 0.25) is 5.75 Å². The summed E-state index contributed by atoms with van der Waals surface area (Å²) in [4.78, 5) is 52.8. The van der Waals surface area contributed by atoms with Crippen molar-refractivity contribution >= 4 is 23.9 Å². The Balaban J connectivity index is 1.56. The summed E-state index contributed by atoms with van der Waals surface area (Å²) in [5.41, 5.74) is 1.01. The van der Waals surface area contributed by atoms with Crippen molar-refractivity contribution in [3.63, 3.8) is 0 Å². The lowest BCUT2D eigenvalue weighted by Gasteiger charge is -2.17. The Morgan fingerprint density at radius 1 is 0.467 bits per heavy atom. The molecule has 0 unspecified atom stereocenters. The molecule has 0 aliphatic rings. The van der Waals surface area contributed by atoms with Crippen molar-refractivity contribution in [2.75, 3.05) is 7.11 Å². The van der Waals surface area contributed by atoms with Crippen LogP contribution >= 0.6 is 0 Å². The summed E-state index contributed by atoms with van der Waals surface area (Å²) in [6, 6.07) is 33.6. The summed E-state index contributed by atoms with van der Waals surface area (Å²) in [7, 11) is 1.50. The van der Waals surface area contributed by atoms with Crippen LogP contribution in [0.3, 0.4) is 0 Å². The molecule has 0 aromatic heterocycles. The Morgan fingerprint density at radius 2 is 0.889 bits per heavy atom. The molecule has 0 N–H and O–H groups in total. The van der Waals surface area contributed by atoms with E-state index >= 15 is 0 Å². The van der Waals surface area contributed by atoms with E-state index in [1.807, 2.05) is 0 Å². The van der Waals surface area contributed by atoms with E-state index in [1.54, 1.807) is 78.9 Å². The molecule has 0 aliphatic heterocycles. The third-order valence-corrected chi connectivity index (χ3v) is 6.44. The van der Waals surface area contributed by atoms with Gasteiger partial charge in [-0.1, -0.05) is 72.8 Å². The zero-order chi connectivity index (χ0) is 31.6. The van der Waals surface area contributed by atoms with E-state index in [9.17, 15) is 19.2 Å². The third-order valence-electron chi connectivity index (χ3n) is 6.44. The van der Waals surface area contributed by atoms with Crippen molar-refractivity contribution in [3.05, 3.63) is 155 Å². The highest BCUT2D eigenvalue weighted by Crippen LogP contribution is 2.41. The van der Waals surface area contributed by atoms with Gasteiger partial charge in [0, 0.05) is 5.56 Å². The van der Waals surface area contributed by atoms with Crippen LogP contribution in [0.2, 0.25) is 0 Å². The summed E-state index contributed by atoms with van der Waals surface area (Å²) in [5.74, 6) is -3.86. The maximum Gasteiger partial charge on any atom is 0.343 e. The van der Waals surface area contributed by atoms with Gasteiger partial charge in [0.1, 0.15) is 12.4 Å². The second-order valence-electron chi connectivity index (χ2n) is 9.46. The van der Waals surface area contributed by atoms with Gasteiger partial charge in [-0.15, -0.1) is 0 Å². The minimum Gasteiger partial charge on any atom is -0.496 e. The van der Waals surface area contributed by atoms with E-state index in [1.165, 1.54) is 55.6 Å². The predicted octanol–water partition coefficient (Wildman–Crippen LogP) is 6.71. The first-order valence-corrected chi connectivity index (χ1v) is 13.7. The highest BCUT2D eigenvalue weighted by molar-refractivity contribution is 5.97. The standard InChI is InChI=1S/C36H26O9/c1-41-29-20-12-11-19-27(29)23-42-33(37)28-21-30(43-34(38)24-13-5-2-6-14-24)32(45-36(40)26-17-9-4-10-18-26)31(22-28)44-35(39)25-15-7-3-8-16-25/h2-22H,23H2,1H3. The summed E-state index contributed by atoms with van der Waals surface area (Å²) in [5, 5.41) is 0. The summed E-state index contributed by atoms with van der Waals surface area (Å²) in [6.07, 6.45) is 0. The van der Waals surface area contributed by atoms with E-state index in [4.69, 9.17) is 23.7 Å². The fourth-order valence-corrected chi connectivity index (χ4v) is 4.19. The lowest BCUT2D eigenvalue weighted by molar-refractivity contribution is 0.0466. The molecule has 0 saturated heterocycles. The smallest absolute Gasteiger partial charge is 0.343 e. The molecular formula is C36H26O9. The molecule has 0 radical (unpaired) electrons. The largest absolute Gasteiger partial charge is 0.496 e. The van der Waals surface area contributed by atoms with Crippen LogP contribution in [0.1, 0.15) is 47.0 Å². The van der Waals surface area contributed by atoms with E-state index in [0.717, 1.165) is 0 Å². The second kappa shape index (κ2) is 14.3. The molecule has 5 rings (SSSR count). The minimum absolute atomic E-state index is 0.142. The number of carbonyl (C=O) groups is 4. The van der Waals surface area contributed by atoms with Crippen LogP contribution in [-0.2, 0) is 11.3 Å². The van der Waals surface area contributed by atoms with Crippen LogP contribution in [-0.4, -0.2) is 31.0 Å². The number of ether oxygens (including phenoxy) is 5. The van der Waals surface area contributed by atoms with Gasteiger partial charge in [-0.25, -0.2) is 19.2 Å². The maximum absolute atomic E-state index is 13.3. The number of hydrogen-bond acceptors (Lipinski definition) is 9. The number of esters is 4. The first kappa shape index (κ1) is 30.2. The summed E-state index contributed by atoms with van der Waals surface area (Å²) >= 11 is 0. The highest BCUT2D eigenvalue weighted by atomic mass is 16.6. The number of para-hydroxylation sites is 1. The monoisotopic (exact) mass is 602 g/mol. The Hall–Kier alpha value is -6.22. The average Bonchev–Trinajstić information content (AvgIpc) is 3.09. The molecule has 0 bridgehead atoms. The molecule has 0 amide bonds. The normalized spacial score (nSPS) is 10.3. The molecule has 9 nitrogen and oxygen atoms in total. The van der Waals surface area contributed by atoms with Crippen LogP contribution in [0.15, 0.2) is 127 Å². The molecular weight excluding hydrogens is 576 g/mol. The maximum atomic E-state index is 13.3. The van der Waals surface area contributed by atoms with Gasteiger partial charge >= 0.3 is 23.9 Å². The highest BCUT2D eigenvalue weighted by Gasteiger charge is 2.26. The zero-order valence-electron chi connectivity index (χ0n) is 24.0. The second-order valence-corrected chi connectivity index (χ2v) is 9.46. The molecule has 0 saturated carbocycles. The van der Waals surface area contributed by atoms with Gasteiger partial charge in [0.05, 0.1) is 29.4 Å². The summed E-state index contributed by atoms with van der Waals surface area (Å²) in [6.45, 7) is -0.147. The topological polar surface area (TPSA) is 114 Å². The first-order chi connectivity index (χ1) is 21.9. The number of hydrogen-bond donors (Lipinski definition) is 0. The van der Waals surface area contributed by atoms with Gasteiger partial charge in [-0.3, -0.25) is 0 Å². The number of benzene rings is 5. The third kappa shape index (κ3) is 7.60. The Kier molecular flexibility index (Phi) is 9.61. The van der Waals surface area contributed by atoms with Crippen molar-refractivity contribution in [1.82, 2.24) is 0 Å². The minimum atomic E-state index is -0.837. The molecule has 0 spiro atoms. The van der Waals surface area contributed by atoms with Crippen molar-refractivity contribution in [3.8, 4) is 23.0 Å². The van der Waals surface area contributed by atoms with Crippen LogP contribution in [0.5, 0.6) is 23.0 Å². The number of rotatable bonds is 10. The van der Waals surface area contributed by atoms with Crippen LogP contribution in [0, 0.1) is 0 Å². The molecule has 0 fully saturated rings. The number of methoxy groups -OCH3 is 1. The van der Waals surface area contributed by atoms with E-state index in [2.05, 4.69) is 0 Å². The van der Waals surface area contributed by atoms with Gasteiger partial charge in [-0.05, 0) is 54.6 Å². The van der Waals surface area contributed by atoms with Gasteiger partial charge in [0.15, 0.2) is 11.5 Å². The quantitative estimate of drug-likeness (QED) is 0.127. The Labute approximate surface area is 258 Å². The van der Waals surface area contributed by atoms with E-state index < -0.39 is 29.6 Å². The van der Waals surface area contributed by atoms with Crippen LogP contribution in [0.4, 0.5) is 0 Å². The van der Waals surface area contributed by atoms with Crippen molar-refractivity contribution < 1.29 is 42.9 Å². The van der Waals surface area contributed by atoms with Crippen LogP contribution < -0.4 is 18.9 Å². The van der Waals surface area contributed by atoms with Gasteiger partial charge < -0.3 is 23.7 Å². The fourth-order valence-electron chi connectivity index (χ4n) is 4.19. The molecule has 5 aromatic rings. The van der Waals surface area contributed by atoms with E-state index in [0.29, 0.717) is 11.3 Å². The van der Waals surface area contributed by atoms with E-state index in [-0.39, 0.29) is 40.4 Å². The molecule has 224 valence electrons. The van der Waals surface area contributed by atoms with Crippen LogP contribution in [0.25, 0.3) is 0 Å². The molecule has 0 heterocycles. The lowest BCUT2D eigenvalue weighted by Crippen LogP contribution is -2.16. The predicted molar refractivity (Wildman–Crippen MR) is 163 cm³/mol. The van der Waals surface area contributed by atoms with Gasteiger partial charge in [0.25, 0.3) is 0 Å². The molecule has 5 aromatic carbocycles. The Morgan fingerprint density at radius 3 is 1.36 bits per heavy atom. The summed E-state index contributed by atoms with van der Waals surface area (Å²) < 4.78 is 27.8. The first-order valence-electron chi connectivity index (χ1n) is 13.7. The lowest BCUT2D eigenvalue weighted by atomic mass is 10.1. The molecule has 45 heavy (non-hydrogen) atoms. The van der Waals surface area contributed by atoms with Crippen molar-refractivity contribution in [1.29, 1.82) is 0 Å². The fraction of sp³-hybridized carbons (Fsp3) is 0.0556. The Bertz CT molecular complexity index is 1740.